The Bertz CT molecular complexity index is 465. The van der Waals surface area contributed by atoms with Crippen molar-refractivity contribution >= 4 is 11.9 Å². The number of hydrogen-bond donors (Lipinski definition) is 3. The van der Waals surface area contributed by atoms with Crippen molar-refractivity contribution in [3.05, 3.63) is 35.6 Å². The van der Waals surface area contributed by atoms with E-state index in [4.69, 9.17) is 0 Å². The Balaban J connectivity index is 2.58. The van der Waals surface area contributed by atoms with Crippen LogP contribution in [0, 0.1) is 5.82 Å². The first-order valence-corrected chi connectivity index (χ1v) is 5.98. The molecule has 6 heteroatoms. The van der Waals surface area contributed by atoms with Gasteiger partial charge in [0, 0.05) is 13.1 Å². The topological polar surface area (TPSA) is 70.2 Å². The fourth-order valence-electron chi connectivity index (χ4n) is 1.61. The van der Waals surface area contributed by atoms with Gasteiger partial charge >= 0.3 is 6.03 Å². The lowest BCUT2D eigenvalue weighted by atomic mass is 10.1. The van der Waals surface area contributed by atoms with E-state index in [0.717, 1.165) is 5.56 Å². The van der Waals surface area contributed by atoms with E-state index in [-0.39, 0.29) is 11.9 Å². The maximum Gasteiger partial charge on any atom is 0.321 e. The zero-order valence-electron chi connectivity index (χ0n) is 11.2. The Morgan fingerprint density at radius 2 is 1.95 bits per heavy atom. The van der Waals surface area contributed by atoms with Crippen molar-refractivity contribution in [2.45, 2.75) is 25.9 Å². The number of benzene rings is 1. The Kier molecular flexibility index (Phi) is 5.44. The van der Waals surface area contributed by atoms with E-state index >= 15 is 0 Å². The average Bonchev–Trinajstić information content (AvgIpc) is 2.38. The van der Waals surface area contributed by atoms with E-state index in [0.29, 0.717) is 0 Å². The van der Waals surface area contributed by atoms with Crippen LogP contribution in [0.5, 0.6) is 0 Å². The molecule has 0 spiro atoms. The summed E-state index contributed by atoms with van der Waals surface area (Å²) in [6, 6.07) is 4.80. The van der Waals surface area contributed by atoms with Crippen LogP contribution in [0.2, 0.25) is 0 Å². The number of carbonyl (C=O) groups excluding carboxylic acids is 2. The molecule has 0 aliphatic rings. The Morgan fingerprint density at radius 3 is 2.53 bits per heavy atom. The first kappa shape index (κ1) is 15.1. The fraction of sp³-hybridized carbons (Fsp3) is 0.385. The number of rotatable bonds is 4. The van der Waals surface area contributed by atoms with Gasteiger partial charge in [0.15, 0.2) is 0 Å². The van der Waals surface area contributed by atoms with Gasteiger partial charge < -0.3 is 5.32 Å². The summed E-state index contributed by atoms with van der Waals surface area (Å²) in [6.45, 7) is 3.45. The van der Waals surface area contributed by atoms with E-state index in [1.807, 2.05) is 6.92 Å². The van der Waals surface area contributed by atoms with Gasteiger partial charge in [0.2, 0.25) is 5.91 Å². The van der Waals surface area contributed by atoms with Crippen molar-refractivity contribution in [3.63, 3.8) is 0 Å². The number of carbonyl (C=O) groups is 2. The van der Waals surface area contributed by atoms with Crippen molar-refractivity contribution < 1.29 is 14.0 Å². The molecule has 0 aliphatic carbocycles. The van der Waals surface area contributed by atoms with Gasteiger partial charge in [-0.3, -0.25) is 15.4 Å². The van der Waals surface area contributed by atoms with Crippen LogP contribution < -0.4 is 16.0 Å². The molecule has 5 nitrogen and oxygen atoms in total. The zero-order chi connectivity index (χ0) is 14.4. The van der Waals surface area contributed by atoms with Crippen molar-refractivity contribution in [2.24, 2.45) is 0 Å². The molecule has 0 saturated carbocycles. The summed E-state index contributed by atoms with van der Waals surface area (Å²) < 4.78 is 13.1. The third-order valence-corrected chi connectivity index (χ3v) is 2.71. The number of nitrogens with one attached hydrogen (secondary N) is 3. The van der Waals surface area contributed by atoms with Crippen LogP contribution in [0.3, 0.4) is 0 Å². The van der Waals surface area contributed by atoms with E-state index in [1.54, 1.807) is 19.1 Å². The van der Waals surface area contributed by atoms with Gasteiger partial charge in [-0.1, -0.05) is 12.1 Å². The van der Waals surface area contributed by atoms with Crippen molar-refractivity contribution in [1.29, 1.82) is 0 Å². The molecule has 0 heterocycles. The molecular weight excluding hydrogens is 249 g/mol. The van der Waals surface area contributed by atoms with Crippen LogP contribution in [-0.4, -0.2) is 25.0 Å². The molecule has 3 amide bonds. The van der Waals surface area contributed by atoms with Crippen molar-refractivity contribution in [1.82, 2.24) is 16.0 Å². The maximum absolute atomic E-state index is 13.1. The highest BCUT2D eigenvalue weighted by Crippen LogP contribution is 2.13. The summed E-state index contributed by atoms with van der Waals surface area (Å²) in [5.41, 5.74) is 0.736. The smallest absolute Gasteiger partial charge is 0.321 e. The molecule has 3 N–H and O–H groups in total. The van der Waals surface area contributed by atoms with Gasteiger partial charge in [0.25, 0.3) is 0 Å². The van der Waals surface area contributed by atoms with Crippen LogP contribution in [0.1, 0.15) is 25.5 Å². The lowest BCUT2D eigenvalue weighted by molar-refractivity contribution is -0.121. The number of amides is 3. The molecule has 0 fully saturated rings. The molecule has 0 bridgehead atoms. The minimum absolute atomic E-state index is 0.207. The molecular formula is C13H18FN3O2. The number of imide groups is 1. The number of hydrogen-bond acceptors (Lipinski definition) is 3. The van der Waals surface area contributed by atoms with Crippen LogP contribution in [0.25, 0.3) is 0 Å². The van der Waals surface area contributed by atoms with Crippen LogP contribution in [0.4, 0.5) is 9.18 Å². The largest absolute Gasteiger partial charge is 0.341 e. The monoisotopic (exact) mass is 267 g/mol. The highest BCUT2D eigenvalue weighted by molar-refractivity contribution is 5.96. The van der Waals surface area contributed by atoms with E-state index in [2.05, 4.69) is 16.0 Å². The Labute approximate surface area is 111 Å². The zero-order valence-corrected chi connectivity index (χ0v) is 11.2. The van der Waals surface area contributed by atoms with Gasteiger partial charge in [-0.05, 0) is 31.5 Å². The quantitative estimate of drug-likeness (QED) is 0.770. The van der Waals surface area contributed by atoms with Crippen molar-refractivity contribution in [3.8, 4) is 0 Å². The normalized spacial score (nSPS) is 13.5. The first-order valence-electron chi connectivity index (χ1n) is 5.98. The van der Waals surface area contributed by atoms with Gasteiger partial charge in [0.05, 0.1) is 6.04 Å². The molecule has 0 aliphatic heterocycles. The number of urea groups is 1. The highest BCUT2D eigenvalue weighted by Gasteiger charge is 2.17. The minimum atomic E-state index is -0.574. The molecule has 2 atom stereocenters. The predicted molar refractivity (Wildman–Crippen MR) is 70.0 cm³/mol. The second kappa shape index (κ2) is 6.84. The second-order valence-corrected chi connectivity index (χ2v) is 4.23. The minimum Gasteiger partial charge on any atom is -0.341 e. The van der Waals surface area contributed by atoms with Gasteiger partial charge in [-0.15, -0.1) is 0 Å². The molecule has 0 saturated heterocycles. The average molecular weight is 267 g/mol. The summed E-state index contributed by atoms with van der Waals surface area (Å²) in [5, 5.41) is 7.46. The molecule has 1 aromatic rings. The standard InChI is InChI=1S/C13H18FN3O2/c1-8(10-5-4-6-11(14)7-10)16-9(2)12(18)17-13(19)15-3/h4-9,16H,1-3H3,(H2,15,17,18,19)/t8-,9?/m0/s1. The molecule has 1 aromatic carbocycles. The summed E-state index contributed by atoms with van der Waals surface area (Å²) in [6.07, 6.45) is 0. The first-order chi connectivity index (χ1) is 8.93. The maximum atomic E-state index is 13.1. The van der Waals surface area contributed by atoms with Gasteiger partial charge in [0.1, 0.15) is 5.82 Å². The lowest BCUT2D eigenvalue weighted by Crippen LogP contribution is -2.47. The molecule has 19 heavy (non-hydrogen) atoms. The second-order valence-electron chi connectivity index (χ2n) is 4.23. The molecule has 0 radical (unpaired) electrons. The van der Waals surface area contributed by atoms with E-state index < -0.39 is 18.0 Å². The predicted octanol–water partition coefficient (Wildman–Crippen LogP) is 1.32. The number of halogens is 1. The molecule has 0 aromatic heterocycles. The fourth-order valence-corrected chi connectivity index (χ4v) is 1.61. The lowest BCUT2D eigenvalue weighted by Gasteiger charge is -2.19. The van der Waals surface area contributed by atoms with Gasteiger partial charge in [-0.25, -0.2) is 9.18 Å². The third-order valence-electron chi connectivity index (χ3n) is 2.71. The van der Waals surface area contributed by atoms with Crippen LogP contribution >= 0.6 is 0 Å². The molecule has 104 valence electrons. The van der Waals surface area contributed by atoms with Crippen LogP contribution in [-0.2, 0) is 4.79 Å². The summed E-state index contributed by atoms with van der Waals surface area (Å²) >= 11 is 0. The molecule has 1 unspecified atom stereocenters. The van der Waals surface area contributed by atoms with Gasteiger partial charge in [-0.2, -0.15) is 0 Å². The SMILES string of the molecule is CNC(=O)NC(=O)C(C)N[C@@H](C)c1cccc(F)c1. The van der Waals surface area contributed by atoms with Crippen molar-refractivity contribution in [2.75, 3.05) is 7.05 Å². The molecule has 1 rings (SSSR count). The van der Waals surface area contributed by atoms with E-state index in [9.17, 15) is 14.0 Å². The Morgan fingerprint density at radius 1 is 1.26 bits per heavy atom. The highest BCUT2D eigenvalue weighted by atomic mass is 19.1. The summed E-state index contributed by atoms with van der Waals surface area (Å²) in [7, 11) is 1.43. The summed E-state index contributed by atoms with van der Waals surface area (Å²) in [5.74, 6) is -0.767. The van der Waals surface area contributed by atoms with Crippen LogP contribution in [0.15, 0.2) is 24.3 Å². The Hall–Kier alpha value is -1.95. The van der Waals surface area contributed by atoms with E-state index in [1.165, 1.54) is 19.2 Å². The summed E-state index contributed by atoms with van der Waals surface area (Å²) in [4.78, 5) is 22.6. The third kappa shape index (κ3) is 4.67.